The average Bonchev–Trinajstić information content (AvgIpc) is 3.46. The van der Waals surface area contributed by atoms with Crippen LogP contribution >= 0.6 is 0 Å². The number of sulfonamides is 1. The van der Waals surface area contributed by atoms with Crippen molar-refractivity contribution < 1.29 is 50.7 Å². The topological polar surface area (TPSA) is 215 Å². The highest BCUT2D eigenvalue weighted by atomic mass is 32.2. The molecule has 1 amide bonds. The van der Waals surface area contributed by atoms with Crippen molar-refractivity contribution in [3.05, 3.63) is 70.5 Å². The van der Waals surface area contributed by atoms with Gasteiger partial charge in [-0.2, -0.15) is 17.9 Å². The number of imidazole rings is 1. The lowest BCUT2D eigenvalue weighted by Gasteiger charge is -2.37. The molecule has 0 aliphatic carbocycles. The van der Waals surface area contributed by atoms with Gasteiger partial charge in [-0.25, -0.2) is 18.2 Å². The van der Waals surface area contributed by atoms with Gasteiger partial charge in [0.25, 0.3) is 0 Å². The number of benzene rings is 2. The number of carboxylic acid groups (broad SMARTS) is 1. The van der Waals surface area contributed by atoms with Gasteiger partial charge >= 0.3 is 18.1 Å². The molecule has 2 unspecified atom stereocenters. The van der Waals surface area contributed by atoms with E-state index < -0.39 is 52.7 Å². The monoisotopic (exact) mass is 723 g/mol. The minimum Gasteiger partial charge on any atom is -0.480 e. The van der Waals surface area contributed by atoms with Gasteiger partial charge in [-0.3, -0.25) is 14.4 Å². The summed E-state index contributed by atoms with van der Waals surface area (Å²) < 4.78 is 67.1. The van der Waals surface area contributed by atoms with E-state index in [0.29, 0.717) is 33.5 Å². The van der Waals surface area contributed by atoms with E-state index in [1.165, 1.54) is 6.07 Å². The predicted octanol–water partition coefficient (Wildman–Crippen LogP) is 1.60. The van der Waals surface area contributed by atoms with E-state index in [0.717, 1.165) is 18.0 Å². The van der Waals surface area contributed by atoms with Crippen molar-refractivity contribution >= 4 is 45.3 Å². The number of hydrogen-bond acceptors (Lipinski definition) is 11. The lowest BCUT2D eigenvalue weighted by molar-refractivity contribution is -0.199. The highest BCUT2D eigenvalue weighted by Gasteiger charge is 2.42. The van der Waals surface area contributed by atoms with Crippen LogP contribution < -0.4 is 30.8 Å². The van der Waals surface area contributed by atoms with Gasteiger partial charge in [-0.05, 0) is 62.6 Å². The zero-order valence-corrected chi connectivity index (χ0v) is 28.0. The van der Waals surface area contributed by atoms with Gasteiger partial charge in [0.2, 0.25) is 21.9 Å². The summed E-state index contributed by atoms with van der Waals surface area (Å²) in [5.74, 6) is -5.32. The average molecular weight is 724 g/mol. The third kappa shape index (κ3) is 8.77. The number of hydrogen-bond donors (Lipinski definition) is 5. The quantitative estimate of drug-likeness (QED) is 0.160. The molecule has 15 nitrogen and oxygen atoms in total. The number of fused-ring (bicyclic) bond motifs is 1. The molecule has 0 spiro atoms. The summed E-state index contributed by atoms with van der Waals surface area (Å²) in [6, 6.07) is 5.15. The second-order valence-electron chi connectivity index (χ2n) is 11.6. The molecule has 1 aliphatic heterocycles. The van der Waals surface area contributed by atoms with Crippen LogP contribution in [0.1, 0.15) is 45.5 Å². The lowest BCUT2D eigenvalue weighted by Crippen LogP contribution is -2.55. The molecule has 1 aliphatic rings. The van der Waals surface area contributed by atoms with Gasteiger partial charge < -0.3 is 31.2 Å². The molecule has 0 saturated carbocycles. The highest BCUT2D eigenvalue weighted by Crippen LogP contribution is 2.32. The molecule has 0 saturated heterocycles. The van der Waals surface area contributed by atoms with Crippen molar-refractivity contribution in [1.29, 1.82) is 0 Å². The van der Waals surface area contributed by atoms with Crippen LogP contribution in [0.5, 0.6) is 0 Å². The van der Waals surface area contributed by atoms with Crippen LogP contribution in [0.3, 0.4) is 0 Å². The number of nitrogens with one attached hydrogen (secondary N) is 3. The number of nitrogens with zero attached hydrogens (tertiary/aromatic N) is 3. The van der Waals surface area contributed by atoms with E-state index in [4.69, 9.17) is 5.73 Å². The molecule has 2 atom stereocenters. The first-order valence-electron chi connectivity index (χ1n) is 15.2. The Morgan fingerprint density at radius 3 is 2.44 bits per heavy atom. The minimum atomic E-state index is -5.23. The number of carbonyl (C=O) groups is 4. The Morgan fingerprint density at radius 2 is 1.82 bits per heavy atom. The van der Waals surface area contributed by atoms with Gasteiger partial charge in [0, 0.05) is 37.3 Å². The first kappa shape index (κ1) is 37.8. The summed E-state index contributed by atoms with van der Waals surface area (Å²) in [5, 5.41) is 15.1. The molecule has 270 valence electrons. The fourth-order valence-corrected chi connectivity index (χ4v) is 7.29. The van der Waals surface area contributed by atoms with Crippen LogP contribution in [0, 0.1) is 20.8 Å². The van der Waals surface area contributed by atoms with Crippen molar-refractivity contribution in [3.63, 3.8) is 0 Å². The summed E-state index contributed by atoms with van der Waals surface area (Å²) in [6.07, 6.45) is -2.99. The Bertz CT molecular complexity index is 1880. The van der Waals surface area contributed by atoms with Crippen molar-refractivity contribution in [2.75, 3.05) is 29.9 Å². The van der Waals surface area contributed by atoms with Crippen LogP contribution in [0.4, 0.5) is 24.8 Å². The molecule has 1 aromatic heterocycles. The first-order chi connectivity index (χ1) is 23.4. The van der Waals surface area contributed by atoms with Crippen LogP contribution in [-0.2, 0) is 31.0 Å². The van der Waals surface area contributed by atoms with E-state index in [2.05, 4.69) is 25.2 Å². The summed E-state index contributed by atoms with van der Waals surface area (Å²) in [6.45, 7) is 4.74. The second kappa shape index (κ2) is 15.3. The number of aliphatic carboxylic acids is 1. The Kier molecular flexibility index (Phi) is 11.5. The number of ketones is 1. The second-order valence-corrected chi connectivity index (χ2v) is 13.3. The Labute approximate surface area is 285 Å². The number of Topliss-reactive ketones (excluding diaryl/α,β-unsaturated/α-hetero) is 1. The Morgan fingerprint density at radius 1 is 1.14 bits per heavy atom. The van der Waals surface area contributed by atoms with Crippen molar-refractivity contribution in [3.8, 4) is 0 Å². The Balaban J connectivity index is 1.52. The molecule has 0 fully saturated rings. The number of alkyl halides is 3. The van der Waals surface area contributed by atoms with Crippen LogP contribution in [0.25, 0.3) is 0 Å². The summed E-state index contributed by atoms with van der Waals surface area (Å²) >= 11 is 0. The number of aromatic nitrogens is 2. The van der Waals surface area contributed by atoms with Gasteiger partial charge in [0.15, 0.2) is 5.78 Å². The summed E-state index contributed by atoms with van der Waals surface area (Å²) in [4.78, 5) is 59.8. The standard InChI is InChI=1S/C31H36F3N7O8S/c1-17-11-18(2)26(19(3)12-17)50(47,48)39-22(28(44)45)16-37-27(43)24-14-25(42)21-6-5-20(13-23(21)40(24)9-4-7-35)15-38-30-36-8-10-41(30)49-29(46)31(32,33)34/h5-6,8,10-13,22,24,39H,4,7,9,14-16,35H2,1-3H3,(H,36,38)(H,37,43)(H,44,45). The fourth-order valence-electron chi connectivity index (χ4n) is 5.64. The smallest absolute Gasteiger partial charge is 0.480 e. The Hall–Kier alpha value is -5.01. The number of aryl methyl sites for hydroxylation is 3. The first-order valence-corrected chi connectivity index (χ1v) is 16.7. The normalized spacial score (nSPS) is 15.3. The summed E-state index contributed by atoms with van der Waals surface area (Å²) in [7, 11) is -4.32. The minimum absolute atomic E-state index is 0.0516. The number of anilines is 2. The van der Waals surface area contributed by atoms with Crippen molar-refractivity contribution in [2.24, 2.45) is 5.73 Å². The van der Waals surface area contributed by atoms with E-state index in [9.17, 15) is 45.9 Å². The zero-order chi connectivity index (χ0) is 37.0. The molecule has 4 rings (SSSR count). The predicted molar refractivity (Wildman–Crippen MR) is 173 cm³/mol. The van der Waals surface area contributed by atoms with E-state index in [1.807, 2.05) is 0 Å². The number of carbonyl (C=O) groups excluding carboxylic acids is 3. The molecule has 50 heavy (non-hydrogen) atoms. The van der Waals surface area contributed by atoms with Crippen molar-refractivity contribution in [1.82, 2.24) is 19.8 Å². The maximum absolute atomic E-state index is 13.5. The number of rotatable bonds is 14. The number of amides is 1. The highest BCUT2D eigenvalue weighted by molar-refractivity contribution is 7.89. The maximum Gasteiger partial charge on any atom is 0.493 e. The lowest BCUT2D eigenvalue weighted by atomic mass is 9.92. The number of carboxylic acids is 1. The summed E-state index contributed by atoms with van der Waals surface area (Å²) in [5.41, 5.74) is 8.55. The molecular formula is C31H36F3N7O8S. The zero-order valence-electron chi connectivity index (χ0n) is 27.2. The number of halogens is 3. The fraction of sp³-hybridized carbons (Fsp3) is 0.387. The maximum atomic E-state index is 13.5. The van der Waals surface area contributed by atoms with E-state index in [1.54, 1.807) is 49.9 Å². The van der Waals surface area contributed by atoms with Gasteiger partial charge in [-0.1, -0.05) is 23.8 Å². The number of nitrogens with two attached hydrogens (primary N) is 1. The van der Waals surface area contributed by atoms with Gasteiger partial charge in [0.1, 0.15) is 12.1 Å². The molecule has 6 N–H and O–H groups in total. The SMILES string of the molecule is Cc1cc(C)c(S(=O)(=O)NC(CNC(=O)C2CC(=O)c3ccc(CNc4nccn4OC(=O)C(F)(F)F)cc3N2CCCN)C(=O)O)c(C)c1. The molecule has 2 aromatic carbocycles. The van der Waals surface area contributed by atoms with Gasteiger partial charge in [0.05, 0.1) is 17.3 Å². The molecule has 3 aromatic rings. The van der Waals surface area contributed by atoms with E-state index in [-0.39, 0.29) is 48.2 Å². The largest absolute Gasteiger partial charge is 0.493 e. The molecule has 2 heterocycles. The third-order valence-electron chi connectivity index (χ3n) is 7.75. The molecule has 0 radical (unpaired) electrons. The van der Waals surface area contributed by atoms with Crippen LogP contribution in [0.2, 0.25) is 0 Å². The van der Waals surface area contributed by atoms with Crippen molar-refractivity contribution in [2.45, 2.75) is 63.3 Å². The van der Waals surface area contributed by atoms with Crippen LogP contribution in [0.15, 0.2) is 47.6 Å². The third-order valence-corrected chi connectivity index (χ3v) is 9.53. The molecule has 19 heteroatoms. The molecule has 0 bridgehead atoms. The van der Waals surface area contributed by atoms with Crippen LogP contribution in [-0.4, -0.2) is 84.8 Å². The van der Waals surface area contributed by atoms with E-state index >= 15 is 0 Å². The van der Waals surface area contributed by atoms with Gasteiger partial charge in [-0.15, -0.1) is 4.73 Å². The molecular weight excluding hydrogens is 687 g/mol.